The molecular weight excluding hydrogens is 250 g/mol. The summed E-state index contributed by atoms with van der Waals surface area (Å²) in [6, 6.07) is 10.5. The maximum absolute atomic E-state index is 9.49. The van der Waals surface area contributed by atoms with Crippen LogP contribution in [0.25, 0.3) is 10.9 Å². The Morgan fingerprint density at radius 2 is 2.00 bits per heavy atom. The van der Waals surface area contributed by atoms with Crippen molar-refractivity contribution in [2.24, 2.45) is 0 Å². The summed E-state index contributed by atoms with van der Waals surface area (Å²) in [7, 11) is 0. The zero-order valence-electron chi connectivity index (χ0n) is 11.8. The lowest BCUT2D eigenvalue weighted by atomic mass is 10.1. The van der Waals surface area contributed by atoms with E-state index in [-0.39, 0.29) is 6.61 Å². The number of hydrogen-bond acceptors (Lipinski definition) is 2. The van der Waals surface area contributed by atoms with E-state index in [0.717, 1.165) is 28.7 Å². The fourth-order valence-corrected chi connectivity index (χ4v) is 2.52. The highest BCUT2D eigenvalue weighted by Crippen LogP contribution is 2.21. The first-order valence-electron chi connectivity index (χ1n) is 6.90. The van der Waals surface area contributed by atoms with Gasteiger partial charge in [-0.05, 0) is 31.4 Å². The molecule has 2 aromatic heterocycles. The second-order valence-corrected chi connectivity index (χ2v) is 5.34. The number of fused-ring (bicyclic) bond motifs is 1. The molecule has 4 heteroatoms. The van der Waals surface area contributed by atoms with E-state index in [1.54, 1.807) is 0 Å². The van der Waals surface area contributed by atoms with Crippen molar-refractivity contribution in [1.82, 2.24) is 14.3 Å². The molecule has 0 bridgehead atoms. The van der Waals surface area contributed by atoms with Crippen molar-refractivity contribution in [3.63, 3.8) is 0 Å². The van der Waals surface area contributed by atoms with Gasteiger partial charge in [0.15, 0.2) is 0 Å². The first-order valence-corrected chi connectivity index (χ1v) is 6.90. The van der Waals surface area contributed by atoms with Crippen molar-refractivity contribution < 1.29 is 5.11 Å². The molecule has 0 radical (unpaired) electrons. The van der Waals surface area contributed by atoms with Crippen LogP contribution in [0.5, 0.6) is 0 Å². The lowest BCUT2D eigenvalue weighted by molar-refractivity contribution is 0.283. The molecule has 2 heterocycles. The number of hydrogen-bond donors (Lipinski definition) is 1. The number of aliphatic hydroxyl groups excluding tert-OH is 1. The SMILES string of the molecule is CC(C)n1ccc(Cn2ccc3cccc(CO)c32)n1. The Labute approximate surface area is 118 Å². The Bertz CT molecular complexity index is 724. The Morgan fingerprint density at radius 1 is 1.15 bits per heavy atom. The van der Waals surface area contributed by atoms with Gasteiger partial charge in [-0.15, -0.1) is 0 Å². The first kappa shape index (κ1) is 12.9. The maximum Gasteiger partial charge on any atom is 0.0821 e. The van der Waals surface area contributed by atoms with E-state index in [9.17, 15) is 5.11 Å². The summed E-state index contributed by atoms with van der Waals surface area (Å²) < 4.78 is 4.11. The monoisotopic (exact) mass is 269 g/mol. The molecule has 0 aliphatic carbocycles. The van der Waals surface area contributed by atoms with Crippen LogP contribution in [-0.2, 0) is 13.2 Å². The number of aromatic nitrogens is 3. The fourth-order valence-electron chi connectivity index (χ4n) is 2.52. The van der Waals surface area contributed by atoms with Crippen LogP contribution >= 0.6 is 0 Å². The molecule has 0 aliphatic rings. The average molecular weight is 269 g/mol. The summed E-state index contributed by atoms with van der Waals surface area (Å²) in [6.45, 7) is 5.01. The van der Waals surface area contributed by atoms with Crippen LogP contribution in [0.1, 0.15) is 31.1 Å². The van der Waals surface area contributed by atoms with Gasteiger partial charge in [-0.1, -0.05) is 18.2 Å². The second kappa shape index (κ2) is 5.13. The van der Waals surface area contributed by atoms with Crippen LogP contribution in [0.15, 0.2) is 42.7 Å². The number of rotatable bonds is 4. The molecule has 0 aliphatic heterocycles. The summed E-state index contributed by atoms with van der Waals surface area (Å²) in [6.07, 6.45) is 4.07. The van der Waals surface area contributed by atoms with Crippen molar-refractivity contribution in [3.8, 4) is 0 Å². The van der Waals surface area contributed by atoms with Crippen molar-refractivity contribution in [3.05, 3.63) is 54.0 Å². The van der Waals surface area contributed by atoms with E-state index < -0.39 is 0 Å². The minimum absolute atomic E-state index is 0.0573. The number of benzene rings is 1. The third-order valence-corrected chi connectivity index (χ3v) is 3.57. The topological polar surface area (TPSA) is 43.0 Å². The predicted molar refractivity (Wildman–Crippen MR) is 79.6 cm³/mol. The third kappa shape index (κ3) is 2.23. The molecule has 0 fully saturated rings. The summed E-state index contributed by atoms with van der Waals surface area (Å²) >= 11 is 0. The Balaban J connectivity index is 1.97. The molecule has 0 saturated carbocycles. The summed E-state index contributed by atoms with van der Waals surface area (Å²) in [5.41, 5.74) is 3.08. The summed E-state index contributed by atoms with van der Waals surface area (Å²) in [5.74, 6) is 0. The first-order chi connectivity index (χ1) is 9.69. The molecule has 0 saturated heterocycles. The van der Waals surface area contributed by atoms with Crippen LogP contribution in [0.3, 0.4) is 0 Å². The van der Waals surface area contributed by atoms with E-state index in [0.29, 0.717) is 6.04 Å². The van der Waals surface area contributed by atoms with Crippen LogP contribution < -0.4 is 0 Å². The molecule has 3 aromatic rings. The fraction of sp³-hybridized carbons (Fsp3) is 0.312. The van der Waals surface area contributed by atoms with Crippen LogP contribution in [0.2, 0.25) is 0 Å². The highest BCUT2D eigenvalue weighted by molar-refractivity contribution is 5.83. The summed E-state index contributed by atoms with van der Waals surface area (Å²) in [5, 5.41) is 15.2. The lowest BCUT2D eigenvalue weighted by Gasteiger charge is -2.07. The predicted octanol–water partition coefficient (Wildman–Crippen LogP) is 2.96. The van der Waals surface area contributed by atoms with Gasteiger partial charge in [0.1, 0.15) is 0 Å². The van der Waals surface area contributed by atoms with Crippen molar-refractivity contribution >= 4 is 10.9 Å². The van der Waals surface area contributed by atoms with Gasteiger partial charge in [0, 0.05) is 24.0 Å². The molecule has 3 rings (SSSR count). The minimum Gasteiger partial charge on any atom is -0.392 e. The van der Waals surface area contributed by atoms with Gasteiger partial charge in [0.25, 0.3) is 0 Å². The lowest BCUT2D eigenvalue weighted by Crippen LogP contribution is -2.05. The number of para-hydroxylation sites is 1. The van der Waals surface area contributed by atoms with E-state index in [2.05, 4.69) is 41.8 Å². The molecule has 1 N–H and O–H groups in total. The molecular formula is C16H19N3O. The van der Waals surface area contributed by atoms with Gasteiger partial charge < -0.3 is 9.67 Å². The number of aliphatic hydroxyl groups is 1. The maximum atomic E-state index is 9.49. The highest BCUT2D eigenvalue weighted by Gasteiger charge is 2.08. The molecule has 0 amide bonds. The summed E-state index contributed by atoms with van der Waals surface area (Å²) in [4.78, 5) is 0. The van der Waals surface area contributed by atoms with E-state index >= 15 is 0 Å². The van der Waals surface area contributed by atoms with Gasteiger partial charge in [0.2, 0.25) is 0 Å². The van der Waals surface area contributed by atoms with Crippen molar-refractivity contribution in [2.45, 2.75) is 33.0 Å². The Hall–Kier alpha value is -2.07. The molecule has 0 unspecified atom stereocenters. The van der Waals surface area contributed by atoms with E-state index in [1.807, 2.05) is 29.1 Å². The average Bonchev–Trinajstić information content (AvgIpc) is 3.06. The van der Waals surface area contributed by atoms with Crippen LogP contribution in [0, 0.1) is 0 Å². The quantitative estimate of drug-likeness (QED) is 0.791. The van der Waals surface area contributed by atoms with Gasteiger partial charge >= 0.3 is 0 Å². The van der Waals surface area contributed by atoms with Gasteiger partial charge in [-0.2, -0.15) is 5.10 Å². The molecule has 104 valence electrons. The zero-order chi connectivity index (χ0) is 14.1. The highest BCUT2D eigenvalue weighted by atomic mass is 16.3. The molecule has 1 aromatic carbocycles. The molecule has 0 atom stereocenters. The zero-order valence-corrected chi connectivity index (χ0v) is 11.8. The molecule has 20 heavy (non-hydrogen) atoms. The van der Waals surface area contributed by atoms with Crippen LogP contribution in [-0.4, -0.2) is 19.5 Å². The van der Waals surface area contributed by atoms with Crippen LogP contribution in [0.4, 0.5) is 0 Å². The molecule has 0 spiro atoms. The number of nitrogens with zero attached hydrogens (tertiary/aromatic N) is 3. The van der Waals surface area contributed by atoms with E-state index in [4.69, 9.17) is 0 Å². The smallest absolute Gasteiger partial charge is 0.0821 e. The van der Waals surface area contributed by atoms with Crippen molar-refractivity contribution in [1.29, 1.82) is 0 Å². The minimum atomic E-state index is 0.0573. The standard InChI is InChI=1S/C16H19N3O/c1-12(2)19-9-7-15(17-19)10-18-8-6-13-4-3-5-14(11-20)16(13)18/h3-9,12,20H,10-11H2,1-2H3. The third-order valence-electron chi connectivity index (χ3n) is 3.57. The van der Waals surface area contributed by atoms with E-state index in [1.165, 1.54) is 0 Å². The van der Waals surface area contributed by atoms with Gasteiger partial charge in [-0.3, -0.25) is 4.68 Å². The van der Waals surface area contributed by atoms with Gasteiger partial charge in [0.05, 0.1) is 24.4 Å². The van der Waals surface area contributed by atoms with Gasteiger partial charge in [-0.25, -0.2) is 0 Å². The van der Waals surface area contributed by atoms with Crippen molar-refractivity contribution in [2.75, 3.05) is 0 Å². The Morgan fingerprint density at radius 3 is 2.70 bits per heavy atom. The normalized spacial score (nSPS) is 11.6. The molecule has 4 nitrogen and oxygen atoms in total. The Kier molecular flexibility index (Phi) is 3.32. The second-order valence-electron chi connectivity index (χ2n) is 5.34. The largest absolute Gasteiger partial charge is 0.392 e.